The second-order valence-electron chi connectivity index (χ2n) is 9.24. The molecule has 0 atom stereocenters. The fourth-order valence-electron chi connectivity index (χ4n) is 4.10. The molecule has 0 saturated carbocycles. The number of carbonyl (C=O) groups excluding carboxylic acids is 2. The molecule has 1 aliphatic rings. The molecule has 1 aliphatic heterocycles. The van der Waals surface area contributed by atoms with E-state index in [1.54, 1.807) is 6.08 Å². The minimum absolute atomic E-state index is 0.0205. The predicted molar refractivity (Wildman–Crippen MR) is 143 cm³/mol. The van der Waals surface area contributed by atoms with Gasteiger partial charge in [-0.05, 0) is 78.6 Å². The molecule has 3 aromatic rings. The summed E-state index contributed by atoms with van der Waals surface area (Å²) >= 11 is 0.957. The molecular weight excluding hydrogens is 458 g/mol. The Morgan fingerprint density at radius 3 is 2.49 bits per heavy atom. The van der Waals surface area contributed by atoms with E-state index >= 15 is 0 Å². The van der Waals surface area contributed by atoms with Crippen molar-refractivity contribution in [1.82, 2.24) is 4.90 Å². The van der Waals surface area contributed by atoms with E-state index in [4.69, 9.17) is 9.47 Å². The third-order valence-corrected chi connectivity index (χ3v) is 6.71. The number of rotatable bonds is 8. The zero-order valence-corrected chi connectivity index (χ0v) is 21.6. The van der Waals surface area contributed by atoms with Crippen molar-refractivity contribution in [3.05, 3.63) is 76.2 Å². The molecule has 0 unspecified atom stereocenters. The van der Waals surface area contributed by atoms with Crippen LogP contribution < -0.4 is 9.47 Å². The Kier molecular flexibility index (Phi) is 7.51. The molecule has 0 radical (unpaired) electrons. The van der Waals surface area contributed by atoms with Crippen LogP contribution in [0.25, 0.3) is 16.8 Å². The highest BCUT2D eigenvalue weighted by Crippen LogP contribution is 2.37. The number of thioether (sulfide) groups is 1. The second-order valence-corrected chi connectivity index (χ2v) is 10.2. The maximum atomic E-state index is 13.2. The summed E-state index contributed by atoms with van der Waals surface area (Å²) in [7, 11) is 0. The Labute approximate surface area is 211 Å². The molecule has 0 aromatic heterocycles. The van der Waals surface area contributed by atoms with Crippen molar-refractivity contribution in [2.45, 2.75) is 46.6 Å². The van der Waals surface area contributed by atoms with Crippen molar-refractivity contribution >= 4 is 39.8 Å². The minimum atomic E-state index is -0.305. The van der Waals surface area contributed by atoms with Gasteiger partial charge in [-0.2, -0.15) is 0 Å². The summed E-state index contributed by atoms with van der Waals surface area (Å²) in [4.78, 5) is 27.6. The van der Waals surface area contributed by atoms with E-state index in [0.717, 1.165) is 45.0 Å². The Bertz CT molecular complexity index is 1300. The number of carbonyl (C=O) groups is 2. The number of hydrogen-bond acceptors (Lipinski definition) is 5. The first-order valence-corrected chi connectivity index (χ1v) is 12.7. The quantitative estimate of drug-likeness (QED) is 0.314. The van der Waals surface area contributed by atoms with Crippen LogP contribution in [0.2, 0.25) is 0 Å². The molecule has 1 heterocycles. The topological polar surface area (TPSA) is 55.8 Å². The molecule has 0 aliphatic carbocycles. The van der Waals surface area contributed by atoms with Crippen LogP contribution in [0.4, 0.5) is 4.79 Å². The van der Waals surface area contributed by atoms with Gasteiger partial charge in [0.1, 0.15) is 18.1 Å². The molecular formula is C29H31NO4S. The van der Waals surface area contributed by atoms with Gasteiger partial charge in [0.25, 0.3) is 11.1 Å². The Morgan fingerprint density at radius 1 is 0.971 bits per heavy atom. The smallest absolute Gasteiger partial charge is 0.293 e. The lowest BCUT2D eigenvalue weighted by Gasteiger charge is -2.17. The van der Waals surface area contributed by atoms with Crippen molar-refractivity contribution in [3.63, 3.8) is 0 Å². The number of hydrogen-bond donors (Lipinski definition) is 0. The average molecular weight is 490 g/mol. The Balaban J connectivity index is 1.55. The number of benzene rings is 3. The third-order valence-electron chi connectivity index (χ3n) is 5.81. The van der Waals surface area contributed by atoms with E-state index in [0.29, 0.717) is 16.6 Å². The van der Waals surface area contributed by atoms with Crippen LogP contribution in [0, 0.1) is 6.92 Å². The van der Waals surface area contributed by atoms with Gasteiger partial charge < -0.3 is 9.47 Å². The monoisotopic (exact) mass is 489 g/mol. The number of amides is 2. The van der Waals surface area contributed by atoms with E-state index in [1.165, 1.54) is 4.90 Å². The van der Waals surface area contributed by atoms with Crippen LogP contribution in [0.15, 0.2) is 59.5 Å². The number of ether oxygens (including phenoxy) is 2. The molecule has 5 nitrogen and oxygen atoms in total. The van der Waals surface area contributed by atoms with Crippen LogP contribution >= 0.6 is 11.8 Å². The van der Waals surface area contributed by atoms with Gasteiger partial charge in [-0.1, -0.05) is 56.3 Å². The number of imide groups is 1. The summed E-state index contributed by atoms with van der Waals surface area (Å²) in [6.07, 6.45) is 1.76. The summed E-state index contributed by atoms with van der Waals surface area (Å²) in [5, 5.41) is 1.73. The van der Waals surface area contributed by atoms with Crippen molar-refractivity contribution in [2.24, 2.45) is 0 Å². The van der Waals surface area contributed by atoms with Gasteiger partial charge in [0.15, 0.2) is 0 Å². The molecule has 1 saturated heterocycles. The second kappa shape index (κ2) is 10.6. The molecule has 0 bridgehead atoms. The molecule has 0 N–H and O–H groups in total. The highest BCUT2D eigenvalue weighted by molar-refractivity contribution is 8.18. The van der Waals surface area contributed by atoms with Crippen LogP contribution in [-0.2, 0) is 4.79 Å². The van der Waals surface area contributed by atoms with Gasteiger partial charge in [0, 0.05) is 5.56 Å². The summed E-state index contributed by atoms with van der Waals surface area (Å²) in [5.41, 5.74) is 3.02. The largest absolute Gasteiger partial charge is 0.491 e. The normalized spacial score (nSPS) is 15.2. The van der Waals surface area contributed by atoms with Crippen LogP contribution in [-0.4, -0.2) is 35.3 Å². The summed E-state index contributed by atoms with van der Waals surface area (Å²) in [6.45, 7) is 10.6. The number of fused-ring (bicyclic) bond motifs is 1. The molecule has 2 amide bonds. The van der Waals surface area contributed by atoms with E-state index in [-0.39, 0.29) is 30.4 Å². The minimum Gasteiger partial charge on any atom is -0.491 e. The van der Waals surface area contributed by atoms with Gasteiger partial charge in [-0.25, -0.2) is 0 Å². The first-order chi connectivity index (χ1) is 16.7. The Morgan fingerprint density at radius 2 is 1.74 bits per heavy atom. The van der Waals surface area contributed by atoms with Crippen LogP contribution in [0.3, 0.4) is 0 Å². The standard InChI is InChI=1S/C29H31NO4S/c1-18(2)22-12-10-20(5)16-26(22)33-15-14-30-28(31)27(35-29(30)32)17-24-23-9-7-6-8-21(23)11-13-25(24)34-19(3)4/h6-13,16-19H,14-15H2,1-5H3/b27-17-. The van der Waals surface area contributed by atoms with Crippen molar-refractivity contribution < 1.29 is 19.1 Å². The summed E-state index contributed by atoms with van der Waals surface area (Å²) in [6, 6.07) is 18.0. The SMILES string of the molecule is Cc1ccc(C(C)C)c(OCCN2C(=O)S/C(=C\c3c(OC(C)C)ccc4ccccc34)C2=O)c1. The van der Waals surface area contributed by atoms with Crippen LogP contribution in [0.5, 0.6) is 11.5 Å². The van der Waals surface area contributed by atoms with E-state index in [9.17, 15) is 9.59 Å². The molecule has 35 heavy (non-hydrogen) atoms. The molecule has 3 aromatic carbocycles. The zero-order valence-electron chi connectivity index (χ0n) is 20.8. The molecule has 6 heteroatoms. The predicted octanol–water partition coefficient (Wildman–Crippen LogP) is 7.17. The molecule has 0 spiro atoms. The van der Waals surface area contributed by atoms with E-state index < -0.39 is 0 Å². The number of aryl methyl sites for hydroxylation is 1. The Hall–Kier alpha value is -3.25. The fourth-order valence-corrected chi connectivity index (χ4v) is 4.94. The van der Waals surface area contributed by atoms with E-state index in [2.05, 4.69) is 26.0 Å². The van der Waals surface area contributed by atoms with Crippen LogP contribution in [0.1, 0.15) is 50.3 Å². The molecule has 4 rings (SSSR count). The lowest BCUT2D eigenvalue weighted by atomic mass is 10.0. The van der Waals surface area contributed by atoms with Gasteiger partial charge in [0.2, 0.25) is 0 Å². The maximum absolute atomic E-state index is 13.2. The lowest BCUT2D eigenvalue weighted by Crippen LogP contribution is -2.32. The van der Waals surface area contributed by atoms with Crippen molar-refractivity contribution in [1.29, 1.82) is 0 Å². The van der Waals surface area contributed by atoms with Gasteiger partial charge in [-0.15, -0.1) is 0 Å². The maximum Gasteiger partial charge on any atom is 0.293 e. The first-order valence-electron chi connectivity index (χ1n) is 11.9. The van der Waals surface area contributed by atoms with Crippen molar-refractivity contribution in [2.75, 3.05) is 13.2 Å². The lowest BCUT2D eigenvalue weighted by molar-refractivity contribution is -0.123. The summed E-state index contributed by atoms with van der Waals surface area (Å²) in [5.74, 6) is 1.50. The zero-order chi connectivity index (χ0) is 25.1. The van der Waals surface area contributed by atoms with Crippen molar-refractivity contribution in [3.8, 4) is 11.5 Å². The van der Waals surface area contributed by atoms with Gasteiger partial charge in [-0.3, -0.25) is 14.5 Å². The first kappa shape index (κ1) is 24.9. The summed E-state index contributed by atoms with van der Waals surface area (Å²) < 4.78 is 12.0. The average Bonchev–Trinajstić information content (AvgIpc) is 3.07. The van der Waals surface area contributed by atoms with Gasteiger partial charge in [0.05, 0.1) is 17.6 Å². The number of nitrogens with zero attached hydrogens (tertiary/aromatic N) is 1. The third kappa shape index (κ3) is 5.54. The molecule has 182 valence electrons. The highest BCUT2D eigenvalue weighted by atomic mass is 32.2. The molecule has 1 fully saturated rings. The highest BCUT2D eigenvalue weighted by Gasteiger charge is 2.35. The van der Waals surface area contributed by atoms with E-state index in [1.807, 2.05) is 63.2 Å². The van der Waals surface area contributed by atoms with Gasteiger partial charge >= 0.3 is 0 Å². The fraction of sp³-hybridized carbons (Fsp3) is 0.310.